The summed E-state index contributed by atoms with van der Waals surface area (Å²) in [5, 5.41) is 21.0. The number of oxime groups is 1. The third-order valence-electron chi connectivity index (χ3n) is 3.01. The van der Waals surface area contributed by atoms with Gasteiger partial charge in [-0.25, -0.2) is 4.98 Å². The van der Waals surface area contributed by atoms with Crippen LogP contribution >= 0.6 is 0 Å². The zero-order chi connectivity index (χ0) is 15.2. The van der Waals surface area contributed by atoms with Crippen molar-refractivity contribution in [3.05, 3.63) is 58.9 Å². The van der Waals surface area contributed by atoms with Crippen LogP contribution in [-0.4, -0.2) is 15.9 Å². The number of aromatic nitrogens is 1. The average molecular weight is 281 g/mol. The average Bonchev–Trinajstić information content (AvgIpc) is 2.53. The second kappa shape index (κ2) is 6.53. The summed E-state index contributed by atoms with van der Waals surface area (Å²) in [6.07, 6.45) is 1.58. The molecule has 0 aliphatic heterocycles. The lowest BCUT2D eigenvalue weighted by molar-refractivity contribution is 0.303. The Morgan fingerprint density at radius 3 is 2.90 bits per heavy atom. The Morgan fingerprint density at radius 1 is 1.38 bits per heavy atom. The van der Waals surface area contributed by atoms with Crippen LogP contribution in [-0.2, 0) is 6.61 Å². The number of hydrogen-bond donors (Lipinski definition) is 1. The first-order valence-corrected chi connectivity index (χ1v) is 6.41. The van der Waals surface area contributed by atoms with E-state index in [2.05, 4.69) is 10.1 Å². The van der Waals surface area contributed by atoms with E-state index in [0.29, 0.717) is 23.8 Å². The fourth-order valence-corrected chi connectivity index (χ4v) is 1.89. The lowest BCUT2D eigenvalue weighted by atomic mass is 10.1. The van der Waals surface area contributed by atoms with Crippen molar-refractivity contribution in [3.8, 4) is 11.8 Å². The smallest absolute Gasteiger partial charge is 0.140 e. The third kappa shape index (κ3) is 3.57. The molecule has 2 rings (SSSR count). The van der Waals surface area contributed by atoms with Crippen molar-refractivity contribution in [2.75, 3.05) is 0 Å². The van der Waals surface area contributed by atoms with Gasteiger partial charge in [0, 0.05) is 11.8 Å². The van der Waals surface area contributed by atoms with Crippen LogP contribution in [0.5, 0.6) is 5.75 Å². The summed E-state index contributed by atoms with van der Waals surface area (Å²) in [5.41, 5.74) is 3.49. The van der Waals surface area contributed by atoms with Gasteiger partial charge in [-0.3, -0.25) is 0 Å². The molecule has 2 aromatic rings. The minimum Gasteiger partial charge on any atom is -0.488 e. The summed E-state index contributed by atoms with van der Waals surface area (Å²) in [4.78, 5) is 3.91. The molecule has 1 aromatic heterocycles. The predicted molar refractivity (Wildman–Crippen MR) is 78.5 cm³/mol. The predicted octanol–water partition coefficient (Wildman–Crippen LogP) is 3.04. The fraction of sp³-hybridized carbons (Fsp3) is 0.188. The molecule has 0 aliphatic carbocycles. The molecule has 0 saturated heterocycles. The molecule has 0 bridgehead atoms. The number of pyridine rings is 1. The zero-order valence-electron chi connectivity index (χ0n) is 11.9. The van der Waals surface area contributed by atoms with E-state index in [4.69, 9.17) is 15.2 Å². The number of aryl methyl sites for hydroxylation is 1. The molecule has 5 nitrogen and oxygen atoms in total. The maximum atomic E-state index is 8.95. The van der Waals surface area contributed by atoms with Gasteiger partial charge in [0.1, 0.15) is 24.1 Å². The first-order chi connectivity index (χ1) is 10.1. The van der Waals surface area contributed by atoms with E-state index in [1.165, 1.54) is 0 Å². The maximum Gasteiger partial charge on any atom is 0.140 e. The SMILES string of the molecule is CC(=NO)c1cc(C)ccc1OCc1ccnc(C#N)c1. The Hall–Kier alpha value is -2.87. The summed E-state index contributed by atoms with van der Waals surface area (Å²) < 4.78 is 5.77. The molecular formula is C16H15N3O2. The summed E-state index contributed by atoms with van der Waals surface area (Å²) in [6.45, 7) is 3.98. The van der Waals surface area contributed by atoms with Crippen LogP contribution in [0.2, 0.25) is 0 Å². The fourth-order valence-electron chi connectivity index (χ4n) is 1.89. The molecular weight excluding hydrogens is 266 g/mol. The molecule has 0 fully saturated rings. The highest BCUT2D eigenvalue weighted by atomic mass is 16.5. The van der Waals surface area contributed by atoms with Crippen LogP contribution < -0.4 is 4.74 Å². The van der Waals surface area contributed by atoms with Crippen molar-refractivity contribution in [2.45, 2.75) is 20.5 Å². The molecule has 1 N–H and O–H groups in total. The highest BCUT2D eigenvalue weighted by Gasteiger charge is 2.08. The van der Waals surface area contributed by atoms with Crippen molar-refractivity contribution >= 4 is 5.71 Å². The molecule has 0 aliphatic rings. The van der Waals surface area contributed by atoms with Crippen molar-refractivity contribution in [1.82, 2.24) is 4.98 Å². The highest BCUT2D eigenvalue weighted by Crippen LogP contribution is 2.22. The second-order valence-electron chi connectivity index (χ2n) is 4.63. The molecule has 0 atom stereocenters. The van der Waals surface area contributed by atoms with Crippen LogP contribution in [0, 0.1) is 18.3 Å². The number of rotatable bonds is 4. The minimum atomic E-state index is 0.311. The highest BCUT2D eigenvalue weighted by molar-refractivity contribution is 6.00. The van der Waals surface area contributed by atoms with E-state index >= 15 is 0 Å². The van der Waals surface area contributed by atoms with Gasteiger partial charge in [0.25, 0.3) is 0 Å². The Bertz CT molecular complexity index is 718. The van der Waals surface area contributed by atoms with Gasteiger partial charge >= 0.3 is 0 Å². The Balaban J connectivity index is 2.22. The molecule has 0 radical (unpaired) electrons. The van der Waals surface area contributed by atoms with Crippen LogP contribution in [0.3, 0.4) is 0 Å². The van der Waals surface area contributed by atoms with E-state index in [-0.39, 0.29) is 0 Å². The van der Waals surface area contributed by atoms with Gasteiger partial charge in [-0.2, -0.15) is 5.26 Å². The van der Waals surface area contributed by atoms with E-state index in [1.54, 1.807) is 25.3 Å². The Morgan fingerprint density at radius 2 is 2.19 bits per heavy atom. The van der Waals surface area contributed by atoms with Crippen LogP contribution in [0.15, 0.2) is 41.7 Å². The van der Waals surface area contributed by atoms with Gasteiger partial charge < -0.3 is 9.94 Å². The minimum absolute atomic E-state index is 0.311. The summed E-state index contributed by atoms with van der Waals surface area (Å²) in [6, 6.07) is 11.1. The summed E-state index contributed by atoms with van der Waals surface area (Å²) in [7, 11) is 0. The molecule has 1 aromatic carbocycles. The van der Waals surface area contributed by atoms with Gasteiger partial charge in [0.05, 0.1) is 5.71 Å². The number of hydrogen-bond acceptors (Lipinski definition) is 5. The van der Waals surface area contributed by atoms with Crippen LogP contribution in [0.4, 0.5) is 0 Å². The maximum absolute atomic E-state index is 8.95. The molecule has 0 saturated carbocycles. The number of benzene rings is 1. The van der Waals surface area contributed by atoms with E-state index in [9.17, 15) is 0 Å². The molecule has 1 heterocycles. The standard InChI is InChI=1S/C16H15N3O2/c1-11-3-4-16(15(7-11)12(2)19-20)21-10-13-5-6-18-14(8-13)9-17/h3-8,20H,10H2,1-2H3. The first-order valence-electron chi connectivity index (χ1n) is 6.41. The molecule has 0 unspecified atom stereocenters. The van der Waals surface area contributed by atoms with Gasteiger partial charge in [0.15, 0.2) is 0 Å². The Kier molecular flexibility index (Phi) is 4.52. The van der Waals surface area contributed by atoms with Crippen LogP contribution in [0.25, 0.3) is 0 Å². The van der Waals surface area contributed by atoms with Gasteiger partial charge in [-0.05, 0) is 43.7 Å². The lowest BCUT2D eigenvalue weighted by Crippen LogP contribution is -2.03. The molecule has 106 valence electrons. The zero-order valence-corrected chi connectivity index (χ0v) is 11.9. The van der Waals surface area contributed by atoms with Gasteiger partial charge in [-0.15, -0.1) is 0 Å². The molecule has 0 spiro atoms. The van der Waals surface area contributed by atoms with Crippen LogP contribution in [0.1, 0.15) is 29.3 Å². The van der Waals surface area contributed by atoms with Gasteiger partial charge in [0.2, 0.25) is 0 Å². The van der Waals surface area contributed by atoms with Crippen molar-refractivity contribution in [1.29, 1.82) is 5.26 Å². The number of nitrogens with zero attached hydrogens (tertiary/aromatic N) is 3. The number of ether oxygens (including phenoxy) is 1. The summed E-state index contributed by atoms with van der Waals surface area (Å²) >= 11 is 0. The summed E-state index contributed by atoms with van der Waals surface area (Å²) in [5.74, 6) is 0.631. The lowest BCUT2D eigenvalue weighted by Gasteiger charge is -2.11. The molecule has 5 heteroatoms. The topological polar surface area (TPSA) is 78.5 Å². The second-order valence-corrected chi connectivity index (χ2v) is 4.63. The largest absolute Gasteiger partial charge is 0.488 e. The normalized spacial score (nSPS) is 11.0. The van der Waals surface area contributed by atoms with E-state index < -0.39 is 0 Å². The quantitative estimate of drug-likeness (QED) is 0.530. The first kappa shape index (κ1) is 14.5. The monoisotopic (exact) mass is 281 g/mol. The molecule has 21 heavy (non-hydrogen) atoms. The van der Waals surface area contributed by atoms with Crippen molar-refractivity contribution in [3.63, 3.8) is 0 Å². The molecule has 0 amide bonds. The Labute approximate surface area is 123 Å². The van der Waals surface area contributed by atoms with E-state index in [1.807, 2.05) is 31.2 Å². The van der Waals surface area contributed by atoms with Gasteiger partial charge in [-0.1, -0.05) is 16.8 Å². The van der Waals surface area contributed by atoms with Crippen molar-refractivity contribution in [2.24, 2.45) is 5.16 Å². The third-order valence-corrected chi connectivity index (χ3v) is 3.01. The van der Waals surface area contributed by atoms with E-state index in [0.717, 1.165) is 16.7 Å². The van der Waals surface area contributed by atoms with Crippen molar-refractivity contribution < 1.29 is 9.94 Å². The number of nitriles is 1.